The smallest absolute Gasteiger partial charge is 0.306 e. The Morgan fingerprint density at radius 1 is 0.457 bits per heavy atom. The summed E-state index contributed by atoms with van der Waals surface area (Å²) in [6.07, 6.45) is 80.9. The van der Waals surface area contributed by atoms with Crippen molar-refractivity contribution >= 4 is 19.7 Å². The van der Waals surface area contributed by atoms with Gasteiger partial charge in [-0.1, -0.05) is 279 Å². The molecule has 0 fully saturated rings. The molecule has 0 heterocycles. The number of amides is 1. The predicted octanol–water partition coefficient (Wildman–Crippen LogP) is 20.5. The number of nitrogens with zero attached hydrogens (tertiary/aromatic N) is 1. The predicted molar refractivity (Wildman–Crippen MR) is 348 cm³/mol. The Morgan fingerprint density at radius 3 is 1.31 bits per heavy atom. The van der Waals surface area contributed by atoms with E-state index in [-0.39, 0.29) is 24.9 Å². The number of hydrogen-bond donors (Lipinski definition) is 1. The van der Waals surface area contributed by atoms with E-state index >= 15 is 0 Å². The number of phosphoric acid groups is 1. The molecule has 1 N–H and O–H groups in total. The molecule has 3 unspecified atom stereocenters. The Morgan fingerprint density at radius 2 is 0.840 bits per heavy atom. The molecule has 3 atom stereocenters. The fraction of sp³-hybridized carbons (Fsp3) is 0.746. The first-order chi connectivity index (χ1) is 39.4. The third-order valence-corrected chi connectivity index (χ3v) is 15.5. The second-order valence-electron chi connectivity index (χ2n) is 23.7. The highest BCUT2D eigenvalue weighted by molar-refractivity contribution is 7.45. The van der Waals surface area contributed by atoms with E-state index in [1.165, 1.54) is 154 Å². The Bertz CT molecular complexity index is 1710. The average Bonchev–Trinajstić information content (AvgIpc) is 3.44. The molecule has 0 aromatic carbocycles. The van der Waals surface area contributed by atoms with Gasteiger partial charge >= 0.3 is 5.97 Å². The van der Waals surface area contributed by atoms with Gasteiger partial charge in [-0.2, -0.15) is 0 Å². The number of esters is 1. The highest BCUT2D eigenvalue weighted by Crippen LogP contribution is 2.38. The van der Waals surface area contributed by atoms with E-state index in [0.29, 0.717) is 17.4 Å². The Kier molecular flexibility index (Phi) is 57.8. The van der Waals surface area contributed by atoms with E-state index in [1.807, 2.05) is 33.3 Å². The van der Waals surface area contributed by atoms with Crippen molar-refractivity contribution in [1.29, 1.82) is 0 Å². The Hall–Kier alpha value is -3.07. The summed E-state index contributed by atoms with van der Waals surface area (Å²) in [5, 5.41) is 3.03. The molecule has 0 saturated carbocycles. The average molecular weight is 1150 g/mol. The molecule has 9 nitrogen and oxygen atoms in total. The van der Waals surface area contributed by atoms with Crippen molar-refractivity contribution < 1.29 is 37.3 Å². The summed E-state index contributed by atoms with van der Waals surface area (Å²) >= 11 is 0. The summed E-state index contributed by atoms with van der Waals surface area (Å²) in [5.41, 5.74) is 0. The lowest BCUT2D eigenvalue weighted by Crippen LogP contribution is -2.47. The molecule has 0 aliphatic heterocycles. The van der Waals surface area contributed by atoms with Crippen LogP contribution in [0.4, 0.5) is 0 Å². The topological polar surface area (TPSA) is 114 Å². The summed E-state index contributed by atoms with van der Waals surface area (Å²) in [5.74, 6) is -0.557. The van der Waals surface area contributed by atoms with Gasteiger partial charge in [0.25, 0.3) is 7.82 Å². The van der Waals surface area contributed by atoms with Crippen molar-refractivity contribution in [2.75, 3.05) is 40.9 Å². The van der Waals surface area contributed by atoms with Crippen molar-refractivity contribution in [1.82, 2.24) is 5.32 Å². The highest BCUT2D eigenvalue weighted by Gasteiger charge is 2.27. The third kappa shape index (κ3) is 61.3. The summed E-state index contributed by atoms with van der Waals surface area (Å²) in [6.45, 7) is 6.68. The van der Waals surface area contributed by atoms with Crippen molar-refractivity contribution in [3.63, 3.8) is 0 Å². The van der Waals surface area contributed by atoms with E-state index in [2.05, 4.69) is 111 Å². The second kappa shape index (κ2) is 60.1. The number of allylic oxidation sites excluding steroid dienone is 15. The maximum absolute atomic E-state index is 13.5. The SMILES string of the molecule is CC/C=C/C=C/C=C/CCCCCCCCCC(=O)NC(COP(=O)([O-])OCC[N+](C)(C)C)C(/C=C\CCCCCCCCCCCCC)OC(=O)CCCCCCCCCCCCC/C=C\C/C=C\C/C=C\C/C=C\CCCCC. The van der Waals surface area contributed by atoms with Crippen LogP contribution in [0.15, 0.2) is 97.2 Å². The molecule has 0 spiro atoms. The zero-order valence-electron chi connectivity index (χ0n) is 53.5. The van der Waals surface area contributed by atoms with Gasteiger partial charge in [0.05, 0.1) is 33.8 Å². The molecule has 0 bridgehead atoms. The summed E-state index contributed by atoms with van der Waals surface area (Å²) < 4.78 is 30.4. The first-order valence-corrected chi connectivity index (χ1v) is 35.0. The van der Waals surface area contributed by atoms with E-state index in [0.717, 1.165) is 103 Å². The van der Waals surface area contributed by atoms with Crippen molar-refractivity contribution in [3.8, 4) is 0 Å². The molecule has 0 aliphatic rings. The lowest BCUT2D eigenvalue weighted by molar-refractivity contribution is -0.870. The molecular formula is C71H127N2O7P. The normalized spacial score (nSPS) is 14.2. The van der Waals surface area contributed by atoms with Crippen molar-refractivity contribution in [2.24, 2.45) is 0 Å². The largest absolute Gasteiger partial charge is 0.756 e. The molecule has 10 heteroatoms. The minimum atomic E-state index is -4.71. The maximum Gasteiger partial charge on any atom is 0.306 e. The van der Waals surface area contributed by atoms with Gasteiger partial charge in [0, 0.05) is 12.8 Å². The van der Waals surface area contributed by atoms with Crippen LogP contribution in [-0.4, -0.2) is 69.4 Å². The molecule has 468 valence electrons. The summed E-state index contributed by atoms with van der Waals surface area (Å²) in [6, 6.07) is -0.901. The minimum Gasteiger partial charge on any atom is -0.756 e. The number of hydrogen-bond acceptors (Lipinski definition) is 7. The number of ether oxygens (including phenoxy) is 1. The van der Waals surface area contributed by atoms with Gasteiger partial charge in [-0.15, -0.1) is 0 Å². The molecule has 0 radical (unpaired) electrons. The summed E-state index contributed by atoms with van der Waals surface area (Å²) in [4.78, 5) is 40.1. The Labute approximate surface area is 500 Å². The van der Waals surface area contributed by atoms with Gasteiger partial charge in [-0.05, 0) is 96.0 Å². The number of likely N-dealkylation sites (N-methyl/N-ethyl adjacent to an activating group) is 1. The van der Waals surface area contributed by atoms with Crippen LogP contribution in [-0.2, 0) is 27.9 Å². The van der Waals surface area contributed by atoms with Gasteiger partial charge in [0.15, 0.2) is 0 Å². The fourth-order valence-corrected chi connectivity index (χ4v) is 10.1. The number of nitrogens with one attached hydrogen (secondary N) is 1. The van der Waals surface area contributed by atoms with E-state index in [1.54, 1.807) is 0 Å². The van der Waals surface area contributed by atoms with Gasteiger partial charge in [0.1, 0.15) is 19.3 Å². The van der Waals surface area contributed by atoms with Crippen molar-refractivity contribution in [3.05, 3.63) is 97.2 Å². The molecular weight excluding hydrogens is 1020 g/mol. The van der Waals surface area contributed by atoms with E-state index in [4.69, 9.17) is 13.8 Å². The molecule has 0 rings (SSSR count). The standard InChI is InChI=1S/C71H127N2O7P/c1-7-10-13-16-19-22-25-28-30-31-32-33-34-35-36-37-38-39-40-41-43-46-49-52-55-58-61-64-71(75)80-69(62-59-56-53-50-47-44-27-24-21-18-15-12-9-3)68(67-79-81(76,77)78-66-65-73(4,5)6)72-70(74)63-60-57-54-51-48-45-42-29-26-23-20-17-14-11-8-2/h11,14,17,19-20,22-23,26,28,30,32-33,35-36,59,62,68-69H,7-10,12-13,15-16,18,21,24-25,27,29,31,34,37-58,60-61,63-67H2,1-6H3,(H-,72,74,76,77)/b14-11+,20-17+,22-19-,26-23+,30-28-,33-32-,36-35-,62-59-. The van der Waals surface area contributed by atoms with Crippen LogP contribution >= 0.6 is 7.82 Å². The zero-order valence-corrected chi connectivity index (χ0v) is 54.4. The lowest BCUT2D eigenvalue weighted by Gasteiger charge is -2.30. The van der Waals surface area contributed by atoms with Gasteiger partial charge in [-0.25, -0.2) is 0 Å². The van der Waals surface area contributed by atoms with E-state index in [9.17, 15) is 19.0 Å². The van der Waals surface area contributed by atoms with Crippen LogP contribution < -0.4 is 10.2 Å². The van der Waals surface area contributed by atoms with Crippen LogP contribution in [0.2, 0.25) is 0 Å². The van der Waals surface area contributed by atoms with Crippen LogP contribution in [0.3, 0.4) is 0 Å². The first-order valence-electron chi connectivity index (χ1n) is 33.6. The van der Waals surface area contributed by atoms with Crippen LogP contribution in [0.25, 0.3) is 0 Å². The van der Waals surface area contributed by atoms with E-state index < -0.39 is 26.6 Å². The Balaban J connectivity index is 5.11. The molecule has 81 heavy (non-hydrogen) atoms. The number of rotatable bonds is 60. The molecule has 0 saturated heterocycles. The number of carbonyl (C=O) groups excluding carboxylic acids is 2. The quantitative estimate of drug-likeness (QED) is 0.0161. The third-order valence-electron chi connectivity index (χ3n) is 14.6. The first kappa shape index (κ1) is 77.9. The lowest BCUT2D eigenvalue weighted by atomic mass is 10.0. The van der Waals surface area contributed by atoms with Gasteiger partial charge in [0.2, 0.25) is 5.91 Å². The number of quaternary nitrogens is 1. The summed E-state index contributed by atoms with van der Waals surface area (Å²) in [7, 11) is 1.17. The fourth-order valence-electron chi connectivity index (χ4n) is 9.39. The number of phosphoric ester groups is 1. The molecule has 0 aromatic heterocycles. The monoisotopic (exact) mass is 1150 g/mol. The van der Waals surface area contributed by atoms with Crippen LogP contribution in [0, 0.1) is 0 Å². The second-order valence-corrected chi connectivity index (χ2v) is 25.1. The van der Waals surface area contributed by atoms with Crippen LogP contribution in [0.1, 0.15) is 290 Å². The van der Waals surface area contributed by atoms with Gasteiger partial charge < -0.3 is 28.5 Å². The maximum atomic E-state index is 13.5. The molecule has 0 aromatic rings. The number of unbranched alkanes of at least 4 members (excludes halogenated alkanes) is 32. The zero-order chi connectivity index (χ0) is 59.3. The van der Waals surface area contributed by atoms with Crippen molar-refractivity contribution in [2.45, 2.75) is 303 Å². The van der Waals surface area contributed by atoms with Gasteiger partial charge in [-0.3, -0.25) is 14.2 Å². The minimum absolute atomic E-state index is 0.0291. The number of carbonyl (C=O) groups is 2. The highest BCUT2D eigenvalue weighted by atomic mass is 31.2. The molecule has 1 amide bonds. The molecule has 0 aliphatic carbocycles. The van der Waals surface area contributed by atoms with Crippen LogP contribution in [0.5, 0.6) is 0 Å².